The molecule has 1 aliphatic rings. The largest absolute Gasteiger partial charge is 0.389 e. The summed E-state index contributed by atoms with van der Waals surface area (Å²) >= 11 is 0. The molecule has 0 amide bonds. The van der Waals surface area contributed by atoms with Gasteiger partial charge >= 0.3 is 0 Å². The molecular weight excluding hydrogens is 262 g/mol. The van der Waals surface area contributed by atoms with Gasteiger partial charge in [-0.2, -0.15) is 0 Å². The van der Waals surface area contributed by atoms with Crippen LogP contribution in [0.15, 0.2) is 24.3 Å². The summed E-state index contributed by atoms with van der Waals surface area (Å²) in [4.78, 5) is 14.2. The fraction of sp³-hybridized carbons (Fsp3) is 0.611. The average molecular weight is 289 g/mol. The molecular formula is C18H27NO2. The predicted molar refractivity (Wildman–Crippen MR) is 85.7 cm³/mol. The van der Waals surface area contributed by atoms with Crippen LogP contribution in [-0.4, -0.2) is 41.5 Å². The SMILES string of the molecule is CCCc1ccc(C(=O)CN(C)CC2(O)CCCC2)cc1. The van der Waals surface area contributed by atoms with Crippen molar-refractivity contribution in [2.75, 3.05) is 20.1 Å². The van der Waals surface area contributed by atoms with Crippen molar-refractivity contribution >= 4 is 5.78 Å². The quantitative estimate of drug-likeness (QED) is 0.784. The van der Waals surface area contributed by atoms with E-state index in [1.165, 1.54) is 5.56 Å². The molecule has 2 rings (SSSR count). The Hall–Kier alpha value is -1.19. The van der Waals surface area contributed by atoms with Crippen molar-refractivity contribution in [3.8, 4) is 0 Å². The van der Waals surface area contributed by atoms with Gasteiger partial charge in [0.15, 0.2) is 5.78 Å². The highest BCUT2D eigenvalue weighted by Crippen LogP contribution is 2.29. The molecule has 116 valence electrons. The van der Waals surface area contributed by atoms with Crippen molar-refractivity contribution < 1.29 is 9.90 Å². The summed E-state index contributed by atoms with van der Waals surface area (Å²) < 4.78 is 0. The molecule has 21 heavy (non-hydrogen) atoms. The average Bonchev–Trinajstić information content (AvgIpc) is 2.86. The second-order valence-electron chi connectivity index (χ2n) is 6.47. The molecule has 0 aliphatic heterocycles. The molecule has 0 aromatic heterocycles. The van der Waals surface area contributed by atoms with Gasteiger partial charge in [-0.3, -0.25) is 9.69 Å². The minimum atomic E-state index is -0.583. The molecule has 1 saturated carbocycles. The Morgan fingerprint density at radius 1 is 1.24 bits per heavy atom. The van der Waals surface area contributed by atoms with Crippen LogP contribution < -0.4 is 0 Å². The van der Waals surface area contributed by atoms with Gasteiger partial charge in [0.1, 0.15) is 0 Å². The molecule has 0 unspecified atom stereocenters. The van der Waals surface area contributed by atoms with Gasteiger partial charge < -0.3 is 5.11 Å². The highest BCUT2D eigenvalue weighted by Gasteiger charge is 2.32. The Morgan fingerprint density at radius 3 is 2.43 bits per heavy atom. The molecule has 0 spiro atoms. The first kappa shape index (κ1) is 16.2. The molecule has 1 aromatic carbocycles. The third-order valence-electron chi connectivity index (χ3n) is 4.33. The highest BCUT2D eigenvalue weighted by molar-refractivity contribution is 5.97. The van der Waals surface area contributed by atoms with Crippen LogP contribution in [0.2, 0.25) is 0 Å². The zero-order valence-corrected chi connectivity index (χ0v) is 13.3. The Balaban J connectivity index is 1.88. The van der Waals surface area contributed by atoms with Gasteiger partial charge in [0.2, 0.25) is 0 Å². The molecule has 3 heteroatoms. The van der Waals surface area contributed by atoms with Crippen LogP contribution >= 0.6 is 0 Å². The van der Waals surface area contributed by atoms with Crippen LogP contribution in [0.5, 0.6) is 0 Å². The Kier molecular flexibility index (Phi) is 5.54. The van der Waals surface area contributed by atoms with Crippen LogP contribution in [0.3, 0.4) is 0 Å². The number of aliphatic hydroxyl groups is 1. The lowest BCUT2D eigenvalue weighted by Crippen LogP contribution is -2.41. The van der Waals surface area contributed by atoms with E-state index in [2.05, 4.69) is 6.92 Å². The van der Waals surface area contributed by atoms with Gasteiger partial charge in [0.25, 0.3) is 0 Å². The summed E-state index contributed by atoms with van der Waals surface area (Å²) in [5.41, 5.74) is 1.46. The summed E-state index contributed by atoms with van der Waals surface area (Å²) in [6.45, 7) is 3.11. The van der Waals surface area contributed by atoms with Crippen molar-refractivity contribution in [2.24, 2.45) is 0 Å². The first-order chi connectivity index (χ1) is 10.0. The van der Waals surface area contributed by atoms with Gasteiger partial charge in [-0.1, -0.05) is 50.5 Å². The first-order valence-corrected chi connectivity index (χ1v) is 8.05. The molecule has 0 saturated heterocycles. The maximum Gasteiger partial charge on any atom is 0.176 e. The number of rotatable bonds is 7. The molecule has 1 aromatic rings. The van der Waals surface area contributed by atoms with Crippen molar-refractivity contribution in [3.05, 3.63) is 35.4 Å². The zero-order chi connectivity index (χ0) is 15.3. The second kappa shape index (κ2) is 7.19. The first-order valence-electron chi connectivity index (χ1n) is 8.05. The lowest BCUT2D eigenvalue weighted by Gasteiger charge is -2.28. The molecule has 1 N–H and O–H groups in total. The number of likely N-dealkylation sites (N-methyl/N-ethyl adjacent to an activating group) is 1. The van der Waals surface area contributed by atoms with Gasteiger partial charge in [-0.05, 0) is 31.9 Å². The molecule has 0 atom stereocenters. The monoisotopic (exact) mass is 289 g/mol. The Morgan fingerprint density at radius 2 is 1.86 bits per heavy atom. The number of nitrogens with zero attached hydrogens (tertiary/aromatic N) is 1. The van der Waals surface area contributed by atoms with Crippen LogP contribution in [0.1, 0.15) is 54.9 Å². The summed E-state index contributed by atoms with van der Waals surface area (Å²) in [6.07, 6.45) is 6.08. The number of hydrogen-bond acceptors (Lipinski definition) is 3. The summed E-state index contributed by atoms with van der Waals surface area (Å²) in [6, 6.07) is 7.93. The van der Waals surface area contributed by atoms with E-state index in [-0.39, 0.29) is 5.78 Å². The van der Waals surface area contributed by atoms with E-state index in [0.717, 1.165) is 44.1 Å². The summed E-state index contributed by atoms with van der Waals surface area (Å²) in [5.74, 6) is 0.127. The topological polar surface area (TPSA) is 40.5 Å². The number of hydrogen-bond donors (Lipinski definition) is 1. The van der Waals surface area contributed by atoms with Crippen LogP contribution in [-0.2, 0) is 6.42 Å². The number of carbonyl (C=O) groups excluding carboxylic acids is 1. The van der Waals surface area contributed by atoms with Crippen LogP contribution in [0.4, 0.5) is 0 Å². The highest BCUT2D eigenvalue weighted by atomic mass is 16.3. The molecule has 3 nitrogen and oxygen atoms in total. The Bertz CT molecular complexity index is 461. The van der Waals surface area contributed by atoms with E-state index >= 15 is 0 Å². The zero-order valence-electron chi connectivity index (χ0n) is 13.3. The van der Waals surface area contributed by atoms with Crippen LogP contribution in [0.25, 0.3) is 0 Å². The molecule has 0 radical (unpaired) electrons. The van der Waals surface area contributed by atoms with Gasteiger partial charge in [0.05, 0.1) is 12.1 Å². The minimum Gasteiger partial charge on any atom is -0.389 e. The van der Waals surface area contributed by atoms with E-state index in [4.69, 9.17) is 0 Å². The third kappa shape index (κ3) is 4.65. The summed E-state index contributed by atoms with van der Waals surface area (Å²) in [7, 11) is 1.92. The Labute approximate surface area is 128 Å². The fourth-order valence-electron chi connectivity index (χ4n) is 3.23. The molecule has 0 bridgehead atoms. The van der Waals surface area contributed by atoms with E-state index in [1.54, 1.807) is 0 Å². The van der Waals surface area contributed by atoms with E-state index in [9.17, 15) is 9.90 Å². The number of Topliss-reactive ketones (excluding diaryl/α,β-unsaturated/α-hetero) is 1. The smallest absolute Gasteiger partial charge is 0.176 e. The van der Waals surface area contributed by atoms with Crippen molar-refractivity contribution in [1.29, 1.82) is 0 Å². The standard InChI is InChI=1S/C18H27NO2/c1-3-6-15-7-9-16(10-8-15)17(20)13-19(2)14-18(21)11-4-5-12-18/h7-10,21H,3-6,11-14H2,1-2H3. The van der Waals surface area contributed by atoms with Crippen molar-refractivity contribution in [2.45, 2.75) is 51.0 Å². The van der Waals surface area contributed by atoms with Gasteiger partial charge in [-0.15, -0.1) is 0 Å². The lowest BCUT2D eigenvalue weighted by atomic mass is 10.0. The normalized spacial score (nSPS) is 17.3. The van der Waals surface area contributed by atoms with Crippen molar-refractivity contribution in [3.63, 3.8) is 0 Å². The lowest BCUT2D eigenvalue weighted by molar-refractivity contribution is 0.0172. The molecule has 0 heterocycles. The van der Waals surface area contributed by atoms with Gasteiger partial charge in [-0.25, -0.2) is 0 Å². The molecule has 1 aliphatic carbocycles. The number of ketones is 1. The van der Waals surface area contributed by atoms with Crippen LogP contribution in [0, 0.1) is 0 Å². The van der Waals surface area contributed by atoms with E-state index in [1.807, 2.05) is 36.2 Å². The van der Waals surface area contributed by atoms with Crippen molar-refractivity contribution in [1.82, 2.24) is 4.90 Å². The minimum absolute atomic E-state index is 0.127. The molecule has 1 fully saturated rings. The second-order valence-corrected chi connectivity index (χ2v) is 6.47. The fourth-order valence-corrected chi connectivity index (χ4v) is 3.23. The number of carbonyl (C=O) groups is 1. The van der Waals surface area contributed by atoms with Gasteiger partial charge in [0, 0.05) is 12.1 Å². The predicted octanol–water partition coefficient (Wildman–Crippen LogP) is 3.06. The number of aryl methyl sites for hydroxylation is 1. The maximum atomic E-state index is 12.3. The number of benzene rings is 1. The summed E-state index contributed by atoms with van der Waals surface area (Å²) in [5, 5.41) is 10.4. The van der Waals surface area contributed by atoms with E-state index in [0.29, 0.717) is 13.1 Å². The third-order valence-corrected chi connectivity index (χ3v) is 4.33. The maximum absolute atomic E-state index is 12.3. The van der Waals surface area contributed by atoms with E-state index < -0.39 is 5.60 Å².